The molecule has 0 radical (unpaired) electrons. The first-order valence-corrected chi connectivity index (χ1v) is 26.0. The maximum absolute atomic E-state index is 2.68. The summed E-state index contributed by atoms with van der Waals surface area (Å²) in [6, 6.07) is 65.1. The van der Waals surface area contributed by atoms with Crippen LogP contribution in [0.2, 0.25) is 0 Å². The molecular formula is C67H68BN3. The minimum atomic E-state index is -0.0462. The smallest absolute Gasteiger partial charge is 0.252 e. The lowest BCUT2D eigenvalue weighted by atomic mass is 9.33. The summed E-state index contributed by atoms with van der Waals surface area (Å²) in [5.41, 5.74) is 26.0. The van der Waals surface area contributed by atoms with E-state index in [0.717, 1.165) is 29.9 Å². The van der Waals surface area contributed by atoms with Crippen molar-refractivity contribution < 1.29 is 0 Å². The fourth-order valence-corrected chi connectivity index (χ4v) is 14.0. The fourth-order valence-electron chi connectivity index (χ4n) is 14.0. The summed E-state index contributed by atoms with van der Waals surface area (Å²) in [4.78, 5) is 7.74. The number of fused-ring (bicyclic) bond motifs is 6. The van der Waals surface area contributed by atoms with Gasteiger partial charge in [0.15, 0.2) is 0 Å². The number of hydrogen-bond donors (Lipinski definition) is 0. The van der Waals surface area contributed by atoms with Crippen LogP contribution in [0.5, 0.6) is 0 Å². The molecule has 0 amide bonds. The van der Waals surface area contributed by atoms with Crippen LogP contribution in [0.15, 0.2) is 170 Å². The molecule has 71 heavy (non-hydrogen) atoms. The Kier molecular flexibility index (Phi) is 9.98. The number of anilines is 9. The summed E-state index contributed by atoms with van der Waals surface area (Å²) in [5, 5.41) is 0. The molecule has 0 spiro atoms. The Labute approximate surface area is 424 Å². The van der Waals surface area contributed by atoms with Crippen molar-refractivity contribution in [2.24, 2.45) is 0 Å². The van der Waals surface area contributed by atoms with Crippen molar-refractivity contribution in [3.05, 3.63) is 203 Å². The molecule has 0 fully saturated rings. The highest BCUT2D eigenvalue weighted by atomic mass is 15.2. The van der Waals surface area contributed by atoms with Gasteiger partial charge in [-0.25, -0.2) is 0 Å². The molecule has 12 rings (SSSR count). The molecule has 0 aromatic heterocycles. The molecule has 0 saturated carbocycles. The minimum Gasteiger partial charge on any atom is -0.311 e. The van der Waals surface area contributed by atoms with E-state index in [4.69, 9.17) is 0 Å². The van der Waals surface area contributed by atoms with Gasteiger partial charge in [0.05, 0.1) is 5.69 Å². The molecule has 354 valence electrons. The van der Waals surface area contributed by atoms with Crippen LogP contribution >= 0.6 is 0 Å². The zero-order chi connectivity index (χ0) is 49.6. The second-order valence-electron chi connectivity index (χ2n) is 25.0. The Bertz CT molecular complexity index is 3390. The lowest BCUT2D eigenvalue weighted by molar-refractivity contribution is 0.403. The molecule has 0 saturated heterocycles. The summed E-state index contributed by atoms with van der Waals surface area (Å²) in [5.74, 6) is 0. The summed E-state index contributed by atoms with van der Waals surface area (Å²) < 4.78 is 0. The van der Waals surface area contributed by atoms with E-state index in [2.05, 4.69) is 268 Å². The molecule has 8 aromatic carbocycles. The van der Waals surface area contributed by atoms with Gasteiger partial charge < -0.3 is 14.7 Å². The van der Waals surface area contributed by atoms with Crippen molar-refractivity contribution >= 4 is 74.3 Å². The van der Waals surface area contributed by atoms with Crippen LogP contribution in [0.3, 0.4) is 0 Å². The van der Waals surface area contributed by atoms with Gasteiger partial charge in [0.25, 0.3) is 6.71 Å². The average molecular weight is 926 g/mol. The van der Waals surface area contributed by atoms with Gasteiger partial charge in [-0.05, 0) is 187 Å². The molecule has 8 aromatic rings. The third-order valence-electron chi connectivity index (χ3n) is 16.8. The van der Waals surface area contributed by atoms with E-state index in [1.165, 1.54) is 95.0 Å². The molecule has 2 aliphatic carbocycles. The molecule has 4 heteroatoms. The van der Waals surface area contributed by atoms with Crippen LogP contribution in [0, 0.1) is 6.92 Å². The van der Waals surface area contributed by atoms with Gasteiger partial charge in [-0.15, -0.1) is 0 Å². The van der Waals surface area contributed by atoms with Crippen LogP contribution in [0.4, 0.5) is 51.2 Å². The standard InChI is InChI=1S/C67H68BN3/c1-43-34-60-62-61(35-43)71(57-32-28-45(63(2,3)4)36-50(57)44-22-16-13-17-23-44)58-33-30-49(69(46-24-18-14-19-25-46)47-26-20-15-21-27-47)38-55(58)68(62)56-39-53-54(67(11,12)42-66(53,9)10)40-59(56)70(60)48-29-31-51-52(37-48)65(7,8)41-64(51,5)6/h13-40H,41-42H2,1-12H3. The van der Waals surface area contributed by atoms with E-state index in [1.54, 1.807) is 0 Å². The number of nitrogens with zero attached hydrogens (tertiary/aromatic N) is 3. The Morgan fingerprint density at radius 2 is 0.958 bits per heavy atom. The Morgan fingerprint density at radius 3 is 1.56 bits per heavy atom. The van der Waals surface area contributed by atoms with Gasteiger partial charge in [0.1, 0.15) is 0 Å². The monoisotopic (exact) mass is 926 g/mol. The Hall–Kier alpha value is -6.78. The van der Waals surface area contributed by atoms with E-state index in [1.807, 2.05) is 0 Å². The van der Waals surface area contributed by atoms with Crippen molar-refractivity contribution in [1.82, 2.24) is 0 Å². The summed E-state index contributed by atoms with van der Waals surface area (Å²) in [6.45, 7) is 28.9. The van der Waals surface area contributed by atoms with Crippen LogP contribution in [-0.4, -0.2) is 6.71 Å². The van der Waals surface area contributed by atoms with Gasteiger partial charge in [0.2, 0.25) is 0 Å². The zero-order valence-electron chi connectivity index (χ0n) is 44.0. The van der Waals surface area contributed by atoms with Crippen LogP contribution in [0.1, 0.15) is 122 Å². The molecular weight excluding hydrogens is 858 g/mol. The van der Waals surface area contributed by atoms with E-state index < -0.39 is 0 Å². The summed E-state index contributed by atoms with van der Waals surface area (Å²) in [6.07, 6.45) is 2.23. The van der Waals surface area contributed by atoms with E-state index in [0.29, 0.717) is 0 Å². The maximum Gasteiger partial charge on any atom is 0.252 e. The van der Waals surface area contributed by atoms with E-state index >= 15 is 0 Å². The highest BCUT2D eigenvalue weighted by Crippen LogP contribution is 2.55. The van der Waals surface area contributed by atoms with E-state index in [9.17, 15) is 0 Å². The molecule has 2 aliphatic heterocycles. The largest absolute Gasteiger partial charge is 0.311 e. The third kappa shape index (κ3) is 7.14. The van der Waals surface area contributed by atoms with E-state index in [-0.39, 0.29) is 33.8 Å². The van der Waals surface area contributed by atoms with Gasteiger partial charge in [-0.3, -0.25) is 0 Å². The normalized spacial score (nSPS) is 17.3. The topological polar surface area (TPSA) is 9.72 Å². The minimum absolute atomic E-state index is 0.0143. The van der Waals surface area contributed by atoms with Gasteiger partial charge in [-0.2, -0.15) is 0 Å². The molecule has 2 heterocycles. The van der Waals surface area contributed by atoms with Gasteiger partial charge >= 0.3 is 0 Å². The number of aryl methyl sites for hydroxylation is 1. The molecule has 3 nitrogen and oxygen atoms in total. The number of para-hydroxylation sites is 2. The lowest BCUT2D eigenvalue weighted by Gasteiger charge is -2.45. The molecule has 0 bridgehead atoms. The molecule has 0 N–H and O–H groups in total. The maximum atomic E-state index is 2.68. The molecule has 0 atom stereocenters. The Morgan fingerprint density at radius 1 is 0.437 bits per heavy atom. The fraction of sp³-hybridized carbons (Fsp3) is 0.284. The average Bonchev–Trinajstić information content (AvgIpc) is 3.64. The third-order valence-corrected chi connectivity index (χ3v) is 16.8. The zero-order valence-corrected chi connectivity index (χ0v) is 44.0. The summed E-state index contributed by atoms with van der Waals surface area (Å²) >= 11 is 0. The predicted molar refractivity (Wildman–Crippen MR) is 305 cm³/mol. The van der Waals surface area contributed by atoms with Crippen molar-refractivity contribution in [2.75, 3.05) is 14.7 Å². The van der Waals surface area contributed by atoms with Crippen LogP contribution < -0.4 is 31.1 Å². The van der Waals surface area contributed by atoms with Crippen molar-refractivity contribution in [3.63, 3.8) is 0 Å². The Balaban J connectivity index is 1.20. The van der Waals surface area contributed by atoms with Gasteiger partial charge in [0, 0.05) is 51.1 Å². The molecule has 0 unspecified atom stereocenters. The SMILES string of the molecule is Cc1cc2c3c(c1)N(c1ccc(C(C)(C)C)cc1-c1ccccc1)c1ccc(N(c4ccccc4)c4ccccc4)cc1B3c1cc3c(cc1N2c1ccc2c(c1)C(C)(C)CC2(C)C)C(C)(C)CC3(C)C. The number of rotatable bonds is 6. The number of hydrogen-bond acceptors (Lipinski definition) is 3. The highest BCUT2D eigenvalue weighted by Gasteiger charge is 2.49. The quantitative estimate of drug-likeness (QED) is 0.154. The second-order valence-corrected chi connectivity index (χ2v) is 25.0. The number of benzene rings is 8. The van der Waals surface area contributed by atoms with Crippen molar-refractivity contribution in [2.45, 2.75) is 123 Å². The van der Waals surface area contributed by atoms with Gasteiger partial charge in [-0.1, -0.05) is 161 Å². The van der Waals surface area contributed by atoms with Crippen molar-refractivity contribution in [3.8, 4) is 11.1 Å². The highest BCUT2D eigenvalue weighted by molar-refractivity contribution is 7.00. The second kappa shape index (κ2) is 15.6. The molecule has 4 aliphatic rings. The first-order valence-electron chi connectivity index (χ1n) is 26.0. The summed E-state index contributed by atoms with van der Waals surface area (Å²) in [7, 11) is 0. The first kappa shape index (κ1) is 45.4. The van der Waals surface area contributed by atoms with Crippen LogP contribution in [0.25, 0.3) is 11.1 Å². The van der Waals surface area contributed by atoms with Crippen LogP contribution in [-0.2, 0) is 27.1 Å². The first-order chi connectivity index (χ1) is 33.7. The predicted octanol–water partition coefficient (Wildman–Crippen LogP) is 16.4. The lowest BCUT2D eigenvalue weighted by Crippen LogP contribution is -2.61. The van der Waals surface area contributed by atoms with Crippen molar-refractivity contribution in [1.29, 1.82) is 0 Å².